The quantitative estimate of drug-likeness (QED) is 0.0123. The predicted octanol–water partition coefficient (Wildman–Crippen LogP) is 12.0. The number of quaternary nitrogens is 1. The van der Waals surface area contributed by atoms with Gasteiger partial charge >= 0.3 is 5.97 Å². The third-order valence-electron chi connectivity index (χ3n) is 9.12. The van der Waals surface area contributed by atoms with E-state index >= 15 is 0 Å². The second kappa shape index (κ2) is 39.9. The Morgan fingerprint density at radius 3 is 1.83 bits per heavy atom. The predicted molar refractivity (Wildman–Crippen MR) is 241 cm³/mol. The summed E-state index contributed by atoms with van der Waals surface area (Å²) in [5.74, 6) is -0.500. The van der Waals surface area contributed by atoms with Crippen molar-refractivity contribution < 1.29 is 42.4 Å². The highest BCUT2D eigenvalue weighted by Crippen LogP contribution is 2.38. The number of carbonyl (C=O) groups is 1. The zero-order chi connectivity index (χ0) is 42.8. The highest BCUT2D eigenvalue weighted by Gasteiger charge is 2.20. The van der Waals surface area contributed by atoms with E-state index < -0.39 is 32.6 Å². The summed E-state index contributed by atoms with van der Waals surface area (Å²) >= 11 is 0. The number of esters is 1. The van der Waals surface area contributed by atoms with Gasteiger partial charge in [-0.25, -0.2) is 0 Å². The fourth-order valence-electron chi connectivity index (χ4n) is 5.62. The molecular formula is C48H84NO8P. The molecule has 10 heteroatoms. The van der Waals surface area contributed by atoms with E-state index in [1.807, 2.05) is 57.6 Å². The molecule has 0 fully saturated rings. The molecule has 0 rings (SSSR count). The summed E-state index contributed by atoms with van der Waals surface area (Å²) in [6.07, 6.45) is 50.1. The van der Waals surface area contributed by atoms with Crippen molar-refractivity contribution in [1.29, 1.82) is 0 Å². The van der Waals surface area contributed by atoms with Gasteiger partial charge in [0.2, 0.25) is 0 Å². The lowest BCUT2D eigenvalue weighted by molar-refractivity contribution is -0.870. The minimum Gasteiger partial charge on any atom is -0.756 e. The number of nitrogens with zero attached hydrogens (tertiary/aromatic N) is 1. The number of rotatable bonds is 40. The van der Waals surface area contributed by atoms with Crippen LogP contribution in [0.1, 0.15) is 155 Å². The fraction of sp³-hybridized carbons (Fsp3) is 0.688. The molecule has 0 aliphatic rings. The molecular weight excluding hydrogens is 750 g/mol. The van der Waals surface area contributed by atoms with Crippen molar-refractivity contribution in [2.75, 3.05) is 47.5 Å². The van der Waals surface area contributed by atoms with Crippen LogP contribution in [0.5, 0.6) is 0 Å². The first-order chi connectivity index (χ1) is 28.0. The second-order valence-corrected chi connectivity index (χ2v) is 17.4. The smallest absolute Gasteiger partial charge is 0.306 e. The van der Waals surface area contributed by atoms with E-state index in [1.54, 1.807) is 12.3 Å². The van der Waals surface area contributed by atoms with Crippen LogP contribution in [0.4, 0.5) is 0 Å². The van der Waals surface area contributed by atoms with Crippen LogP contribution in [-0.4, -0.2) is 75.3 Å². The Kier molecular flexibility index (Phi) is 38.2. The molecule has 0 aliphatic heterocycles. The van der Waals surface area contributed by atoms with Gasteiger partial charge in [0.05, 0.1) is 40.1 Å². The van der Waals surface area contributed by atoms with Crippen molar-refractivity contribution in [3.63, 3.8) is 0 Å². The molecule has 0 aromatic rings. The van der Waals surface area contributed by atoms with Gasteiger partial charge in [-0.2, -0.15) is 0 Å². The van der Waals surface area contributed by atoms with Gasteiger partial charge in [0.15, 0.2) is 6.10 Å². The van der Waals surface area contributed by atoms with Gasteiger partial charge < -0.3 is 33.0 Å². The van der Waals surface area contributed by atoms with E-state index in [-0.39, 0.29) is 19.6 Å². The molecule has 3 atom stereocenters. The van der Waals surface area contributed by atoms with Crippen LogP contribution in [-0.2, 0) is 27.9 Å². The van der Waals surface area contributed by atoms with E-state index in [4.69, 9.17) is 18.5 Å². The van der Waals surface area contributed by atoms with E-state index in [2.05, 4.69) is 50.3 Å². The Morgan fingerprint density at radius 1 is 0.672 bits per heavy atom. The third-order valence-corrected chi connectivity index (χ3v) is 10.1. The molecule has 9 nitrogen and oxygen atoms in total. The fourth-order valence-corrected chi connectivity index (χ4v) is 6.35. The number of ether oxygens (including phenoxy) is 2. The summed E-state index contributed by atoms with van der Waals surface area (Å²) in [6.45, 7) is 4.40. The Hall–Kier alpha value is -2.52. The largest absolute Gasteiger partial charge is 0.756 e. The molecule has 0 amide bonds. The van der Waals surface area contributed by atoms with Crippen molar-refractivity contribution in [2.24, 2.45) is 0 Å². The van der Waals surface area contributed by atoms with Gasteiger partial charge in [-0.1, -0.05) is 170 Å². The summed E-state index contributed by atoms with van der Waals surface area (Å²) in [5, 5.41) is 10.2. The topological polar surface area (TPSA) is 114 Å². The molecule has 0 saturated heterocycles. The lowest BCUT2D eigenvalue weighted by Crippen LogP contribution is -2.37. The van der Waals surface area contributed by atoms with Crippen LogP contribution < -0.4 is 4.89 Å². The van der Waals surface area contributed by atoms with Crippen LogP contribution >= 0.6 is 7.82 Å². The number of aliphatic hydroxyl groups is 1. The summed E-state index contributed by atoms with van der Waals surface area (Å²) in [5.41, 5.74) is 0. The molecule has 334 valence electrons. The summed E-state index contributed by atoms with van der Waals surface area (Å²) in [4.78, 5) is 25.0. The van der Waals surface area contributed by atoms with Crippen LogP contribution in [0.2, 0.25) is 0 Å². The van der Waals surface area contributed by atoms with Crippen molar-refractivity contribution in [3.05, 3.63) is 85.3 Å². The van der Waals surface area contributed by atoms with Gasteiger partial charge in [0, 0.05) is 6.42 Å². The van der Waals surface area contributed by atoms with Crippen molar-refractivity contribution in [3.8, 4) is 0 Å². The first-order valence-electron chi connectivity index (χ1n) is 22.5. The Morgan fingerprint density at radius 2 is 1.24 bits per heavy atom. The molecule has 1 N–H and O–H groups in total. The molecule has 0 radical (unpaired) electrons. The molecule has 0 heterocycles. The molecule has 2 unspecified atom stereocenters. The average Bonchev–Trinajstić information content (AvgIpc) is 3.17. The number of hydrogen-bond donors (Lipinski definition) is 1. The van der Waals surface area contributed by atoms with Crippen LogP contribution in [0.25, 0.3) is 0 Å². The number of phosphoric ester groups is 1. The standard InChI is InChI=1S/C48H84NO8P/c1-6-8-10-12-14-16-18-20-21-22-24-26-28-30-32-37-42-54-44-47(45-56-58(52,53)55-43-41-49(3,4)5)57-48(51)40-36-33-35-39-46(50)38-34-31-29-27-25-23-19-17-15-13-11-9-7-2/h9,11,15,17,23,25,29,31,33-35,37-38,42,46-47,50H,6-8,10,12-14,16,18-22,24,26-28,30,32,36,39-41,43-45H2,1-5H3/b11-9-,17-15-,25-23-,31-29-,35-33-,38-34-,42-37+/t46?,47-/m1/s1. The van der Waals surface area contributed by atoms with E-state index in [0.29, 0.717) is 23.9 Å². The number of aliphatic hydroxyl groups excluding tert-OH is 1. The highest BCUT2D eigenvalue weighted by molar-refractivity contribution is 7.45. The van der Waals surface area contributed by atoms with Gasteiger partial charge in [-0.15, -0.1) is 0 Å². The molecule has 0 bridgehead atoms. The molecule has 0 spiro atoms. The van der Waals surface area contributed by atoms with Gasteiger partial charge in [-0.3, -0.25) is 9.36 Å². The molecule has 0 aromatic heterocycles. The van der Waals surface area contributed by atoms with Crippen LogP contribution in [0, 0.1) is 0 Å². The van der Waals surface area contributed by atoms with E-state index in [1.165, 1.54) is 83.5 Å². The maximum absolute atomic E-state index is 12.7. The number of hydrogen-bond acceptors (Lipinski definition) is 8. The molecule has 58 heavy (non-hydrogen) atoms. The number of unbranched alkanes of at least 4 members (excludes halogenated alkanes) is 14. The maximum Gasteiger partial charge on any atom is 0.306 e. The van der Waals surface area contributed by atoms with Crippen molar-refractivity contribution in [1.82, 2.24) is 0 Å². The number of likely N-dealkylation sites (N-methyl/N-ethyl adjacent to an activating group) is 1. The monoisotopic (exact) mass is 834 g/mol. The summed E-state index contributed by atoms with van der Waals surface area (Å²) in [7, 11) is 1.20. The van der Waals surface area contributed by atoms with Crippen molar-refractivity contribution in [2.45, 2.75) is 167 Å². The molecule has 0 saturated carbocycles. The normalized spacial score (nSPS) is 15.0. The lowest BCUT2D eigenvalue weighted by atomic mass is 10.0. The lowest BCUT2D eigenvalue weighted by Gasteiger charge is -2.28. The summed E-state index contributed by atoms with van der Waals surface area (Å²) < 4.78 is 34.2. The van der Waals surface area contributed by atoms with E-state index in [9.17, 15) is 19.4 Å². The number of allylic oxidation sites excluding steroid dienone is 11. The second-order valence-electron chi connectivity index (χ2n) is 15.9. The minimum absolute atomic E-state index is 0.0194. The SMILES string of the molecule is CC/C=C\C/C=C\C/C=C\C/C=C\C=C/C(O)C/C=C\CCC(=O)O[C@H](CO/C=C/CCCCCCCCCCCCCCCC)COP(=O)([O-])OCC[N+](C)(C)C. The van der Waals surface area contributed by atoms with Crippen LogP contribution in [0.15, 0.2) is 85.3 Å². The first-order valence-corrected chi connectivity index (χ1v) is 23.9. The maximum atomic E-state index is 12.7. The van der Waals surface area contributed by atoms with Gasteiger partial charge in [-0.05, 0) is 57.4 Å². The van der Waals surface area contributed by atoms with Crippen LogP contribution in [0.3, 0.4) is 0 Å². The van der Waals surface area contributed by atoms with Gasteiger partial charge in [0.25, 0.3) is 7.82 Å². The molecule has 0 aromatic carbocycles. The van der Waals surface area contributed by atoms with E-state index in [0.717, 1.165) is 38.5 Å². The van der Waals surface area contributed by atoms with Gasteiger partial charge in [0.1, 0.15) is 19.8 Å². The summed E-state index contributed by atoms with van der Waals surface area (Å²) in [6, 6.07) is 0. The zero-order valence-electron chi connectivity index (χ0n) is 37.3. The Bertz CT molecular complexity index is 1220. The Balaban J connectivity index is 4.52. The minimum atomic E-state index is -4.59. The van der Waals surface area contributed by atoms with Crippen molar-refractivity contribution >= 4 is 13.8 Å². The first kappa shape index (κ1) is 55.5. The number of carbonyl (C=O) groups excluding carboxylic acids is 1. The zero-order valence-corrected chi connectivity index (χ0v) is 38.2. The molecule has 0 aliphatic carbocycles. The third kappa shape index (κ3) is 43.1. The number of phosphoric acid groups is 1. The highest BCUT2D eigenvalue weighted by atomic mass is 31.2. The average molecular weight is 834 g/mol. The Labute approximate surface area is 355 Å².